The van der Waals surface area contributed by atoms with Crippen molar-refractivity contribution in [1.82, 2.24) is 0 Å². The van der Waals surface area contributed by atoms with Gasteiger partial charge in [-0.05, 0) is 19.4 Å². The number of benzene rings is 1. The molecule has 1 rings (SSSR count). The molecule has 0 saturated carbocycles. The van der Waals surface area contributed by atoms with E-state index in [1.807, 2.05) is 0 Å². The third kappa shape index (κ3) is 3.18. The maximum absolute atomic E-state index is 10.6. The Morgan fingerprint density at radius 3 is 2.73 bits per heavy atom. The minimum Gasteiger partial charge on any atom is -0.389 e. The summed E-state index contributed by atoms with van der Waals surface area (Å²) in [5.74, 6) is 0. The van der Waals surface area contributed by atoms with Gasteiger partial charge in [-0.3, -0.25) is 10.1 Å². The minimum atomic E-state index is -0.551. The fraction of sp³-hybridized carbons (Fsp3) is 0.273. The van der Waals surface area contributed by atoms with Crippen LogP contribution in [0.5, 0.6) is 0 Å². The van der Waals surface area contributed by atoms with Crippen molar-refractivity contribution in [1.29, 1.82) is 0 Å². The van der Waals surface area contributed by atoms with Gasteiger partial charge >= 0.3 is 0 Å². The highest BCUT2D eigenvalue weighted by Crippen LogP contribution is 2.19. The number of hydrogen-bond acceptors (Lipinski definition) is 3. The number of nitrogens with zero attached hydrogens (tertiary/aromatic N) is 1. The monoisotopic (exact) mass is 207 g/mol. The summed E-state index contributed by atoms with van der Waals surface area (Å²) in [5, 5.41) is 19.7. The predicted molar refractivity (Wildman–Crippen MR) is 58.5 cm³/mol. The van der Waals surface area contributed by atoms with Crippen LogP contribution in [-0.4, -0.2) is 16.1 Å². The van der Waals surface area contributed by atoms with Crippen LogP contribution >= 0.6 is 0 Å². The molecule has 0 saturated heterocycles. The lowest BCUT2D eigenvalue weighted by Gasteiger charge is -1.99. The third-order valence-electron chi connectivity index (χ3n) is 2.00. The summed E-state index contributed by atoms with van der Waals surface area (Å²) in [6.07, 6.45) is 2.69. The Bertz CT molecular complexity index is 397. The molecule has 4 nitrogen and oxygen atoms in total. The van der Waals surface area contributed by atoms with E-state index in [9.17, 15) is 10.1 Å². The summed E-state index contributed by atoms with van der Waals surface area (Å²) >= 11 is 0. The van der Waals surface area contributed by atoms with Crippen molar-refractivity contribution in [2.45, 2.75) is 20.0 Å². The Kier molecular flexibility index (Phi) is 3.57. The van der Waals surface area contributed by atoms with Crippen molar-refractivity contribution in [2.24, 2.45) is 0 Å². The number of rotatable bonds is 3. The molecule has 1 aromatic rings. The molecule has 0 aromatic heterocycles. The molecule has 1 atom stereocenters. The van der Waals surface area contributed by atoms with Crippen molar-refractivity contribution < 1.29 is 10.0 Å². The van der Waals surface area contributed by atoms with Crippen molar-refractivity contribution in [3.05, 3.63) is 45.5 Å². The normalized spacial score (nSPS) is 13.0. The first-order valence-electron chi connectivity index (χ1n) is 4.62. The lowest BCUT2D eigenvalue weighted by molar-refractivity contribution is -0.385. The van der Waals surface area contributed by atoms with Gasteiger partial charge in [0, 0.05) is 11.6 Å². The summed E-state index contributed by atoms with van der Waals surface area (Å²) < 4.78 is 0. The van der Waals surface area contributed by atoms with Gasteiger partial charge in [0.1, 0.15) is 0 Å². The van der Waals surface area contributed by atoms with E-state index in [1.54, 1.807) is 38.1 Å². The van der Waals surface area contributed by atoms with Crippen LogP contribution in [-0.2, 0) is 0 Å². The Balaban J connectivity index is 3.03. The molecule has 15 heavy (non-hydrogen) atoms. The minimum absolute atomic E-state index is 0.0998. The zero-order valence-electron chi connectivity index (χ0n) is 8.68. The largest absolute Gasteiger partial charge is 0.389 e. The SMILES string of the molecule is Cc1ccc(/C=C/C(C)O)cc1[N+](=O)[O-]. The van der Waals surface area contributed by atoms with Gasteiger partial charge in [0.15, 0.2) is 0 Å². The topological polar surface area (TPSA) is 63.4 Å². The molecule has 0 radical (unpaired) electrons. The van der Waals surface area contributed by atoms with Crippen molar-refractivity contribution in [3.63, 3.8) is 0 Å². The highest BCUT2D eigenvalue weighted by atomic mass is 16.6. The number of aliphatic hydroxyl groups excluding tert-OH is 1. The van der Waals surface area contributed by atoms with Gasteiger partial charge in [-0.2, -0.15) is 0 Å². The fourth-order valence-corrected chi connectivity index (χ4v) is 1.18. The molecule has 0 aliphatic rings. The van der Waals surface area contributed by atoms with Crippen LogP contribution in [0.25, 0.3) is 6.08 Å². The van der Waals surface area contributed by atoms with Crippen LogP contribution in [0.2, 0.25) is 0 Å². The number of nitro groups is 1. The Hall–Kier alpha value is -1.68. The summed E-state index contributed by atoms with van der Waals surface area (Å²) in [5.41, 5.74) is 1.45. The average Bonchev–Trinajstić information content (AvgIpc) is 2.16. The molecule has 0 aliphatic heterocycles. The van der Waals surface area contributed by atoms with Gasteiger partial charge in [-0.15, -0.1) is 0 Å². The van der Waals surface area contributed by atoms with Gasteiger partial charge in [0.25, 0.3) is 5.69 Å². The summed E-state index contributed by atoms with van der Waals surface area (Å²) in [6, 6.07) is 4.97. The Morgan fingerprint density at radius 2 is 2.20 bits per heavy atom. The molecule has 0 spiro atoms. The van der Waals surface area contributed by atoms with Crippen LogP contribution < -0.4 is 0 Å². The fourth-order valence-electron chi connectivity index (χ4n) is 1.18. The van der Waals surface area contributed by atoms with E-state index in [2.05, 4.69) is 0 Å². The number of hydrogen-bond donors (Lipinski definition) is 1. The molecular formula is C11H13NO3. The molecule has 0 heterocycles. The number of aryl methyl sites for hydroxylation is 1. The van der Waals surface area contributed by atoms with Crippen LogP contribution in [0.1, 0.15) is 18.1 Å². The molecule has 80 valence electrons. The van der Waals surface area contributed by atoms with Gasteiger partial charge in [-0.25, -0.2) is 0 Å². The van der Waals surface area contributed by atoms with Crippen LogP contribution in [0.4, 0.5) is 5.69 Å². The average molecular weight is 207 g/mol. The first-order chi connectivity index (χ1) is 7.00. The molecule has 1 aromatic carbocycles. The number of aliphatic hydroxyl groups is 1. The van der Waals surface area contributed by atoms with Gasteiger partial charge in [-0.1, -0.05) is 24.3 Å². The maximum Gasteiger partial charge on any atom is 0.272 e. The molecule has 0 aliphatic carbocycles. The zero-order chi connectivity index (χ0) is 11.4. The molecule has 0 bridgehead atoms. The van der Waals surface area contributed by atoms with E-state index >= 15 is 0 Å². The zero-order valence-corrected chi connectivity index (χ0v) is 8.68. The Labute approximate surface area is 88.0 Å². The molecule has 0 fully saturated rings. The standard InChI is InChI=1S/C11H13NO3/c1-8-3-5-10(6-4-9(2)13)7-11(8)12(14)15/h3-7,9,13H,1-2H3/b6-4+. The van der Waals surface area contributed by atoms with E-state index in [4.69, 9.17) is 5.11 Å². The van der Waals surface area contributed by atoms with Crippen molar-refractivity contribution >= 4 is 11.8 Å². The second-order valence-corrected chi connectivity index (χ2v) is 3.40. The molecule has 1 N–H and O–H groups in total. The van der Waals surface area contributed by atoms with Gasteiger partial charge in [0.05, 0.1) is 11.0 Å². The predicted octanol–water partition coefficient (Wildman–Crippen LogP) is 2.30. The van der Waals surface area contributed by atoms with Gasteiger partial charge < -0.3 is 5.11 Å². The highest BCUT2D eigenvalue weighted by molar-refractivity contribution is 5.56. The summed E-state index contributed by atoms with van der Waals surface area (Å²) in [6.45, 7) is 3.32. The maximum atomic E-state index is 10.6. The second kappa shape index (κ2) is 4.70. The number of nitro benzene ring substituents is 1. The summed E-state index contributed by atoms with van der Waals surface area (Å²) in [4.78, 5) is 10.2. The third-order valence-corrected chi connectivity index (χ3v) is 2.00. The Morgan fingerprint density at radius 1 is 1.53 bits per heavy atom. The lowest BCUT2D eigenvalue weighted by atomic mass is 10.1. The molecular weight excluding hydrogens is 194 g/mol. The van der Waals surface area contributed by atoms with Crippen molar-refractivity contribution in [2.75, 3.05) is 0 Å². The smallest absolute Gasteiger partial charge is 0.272 e. The van der Waals surface area contributed by atoms with E-state index in [1.165, 1.54) is 6.07 Å². The van der Waals surface area contributed by atoms with E-state index < -0.39 is 11.0 Å². The van der Waals surface area contributed by atoms with E-state index in [-0.39, 0.29) is 5.69 Å². The van der Waals surface area contributed by atoms with Crippen LogP contribution in [0.15, 0.2) is 24.3 Å². The quantitative estimate of drug-likeness (QED) is 0.611. The van der Waals surface area contributed by atoms with Crippen LogP contribution in [0, 0.1) is 17.0 Å². The molecule has 0 amide bonds. The first-order valence-corrected chi connectivity index (χ1v) is 4.62. The molecule has 4 heteroatoms. The lowest BCUT2D eigenvalue weighted by Crippen LogP contribution is -1.93. The summed E-state index contributed by atoms with van der Waals surface area (Å²) in [7, 11) is 0. The van der Waals surface area contributed by atoms with Gasteiger partial charge in [0.2, 0.25) is 0 Å². The first kappa shape index (κ1) is 11.4. The highest BCUT2D eigenvalue weighted by Gasteiger charge is 2.09. The van der Waals surface area contributed by atoms with Crippen molar-refractivity contribution in [3.8, 4) is 0 Å². The molecule has 1 unspecified atom stereocenters. The van der Waals surface area contributed by atoms with E-state index in [0.717, 1.165) is 0 Å². The van der Waals surface area contributed by atoms with E-state index in [0.29, 0.717) is 11.1 Å². The second-order valence-electron chi connectivity index (χ2n) is 3.40. The van der Waals surface area contributed by atoms with Crippen LogP contribution in [0.3, 0.4) is 0 Å².